The highest BCUT2D eigenvalue weighted by molar-refractivity contribution is 9.10. The number of hydrogen-bond acceptors (Lipinski definition) is 2. The molecule has 0 fully saturated rings. The second-order valence-electron chi connectivity index (χ2n) is 5.22. The first kappa shape index (κ1) is 15.2. The van der Waals surface area contributed by atoms with Gasteiger partial charge in [0.1, 0.15) is 18.2 Å². The van der Waals surface area contributed by atoms with Gasteiger partial charge in [-0.3, -0.25) is 0 Å². The Morgan fingerprint density at radius 3 is 2.67 bits per heavy atom. The summed E-state index contributed by atoms with van der Waals surface area (Å²) in [5.41, 5.74) is 1.01. The van der Waals surface area contributed by atoms with E-state index >= 15 is 0 Å². The maximum atomic E-state index is 13.0. The molecule has 0 radical (unpaired) electrons. The molecule has 4 heteroatoms. The molecule has 100 valence electrons. The van der Waals surface area contributed by atoms with E-state index in [1.165, 1.54) is 6.07 Å². The minimum absolute atomic E-state index is 0.0574. The molecule has 0 saturated heterocycles. The van der Waals surface area contributed by atoms with Crippen LogP contribution in [0.4, 0.5) is 4.39 Å². The Bertz CT molecular complexity index is 426. The summed E-state index contributed by atoms with van der Waals surface area (Å²) in [6, 6.07) is 4.58. The van der Waals surface area contributed by atoms with Gasteiger partial charge in [-0.05, 0) is 60.5 Å². The SMILES string of the molecule is C=C(CNC(C)(C)C)COc1ccc(F)c(Br)c1. The van der Waals surface area contributed by atoms with Gasteiger partial charge in [-0.15, -0.1) is 0 Å². The average Bonchev–Trinajstić information content (AvgIpc) is 2.27. The quantitative estimate of drug-likeness (QED) is 0.832. The molecule has 0 aliphatic rings. The van der Waals surface area contributed by atoms with Crippen LogP contribution in [0.25, 0.3) is 0 Å². The zero-order valence-corrected chi connectivity index (χ0v) is 12.6. The summed E-state index contributed by atoms with van der Waals surface area (Å²) in [5.74, 6) is 0.329. The van der Waals surface area contributed by atoms with Crippen molar-refractivity contribution in [2.45, 2.75) is 26.3 Å². The number of benzene rings is 1. The number of ether oxygens (including phenoxy) is 1. The zero-order chi connectivity index (χ0) is 13.8. The van der Waals surface area contributed by atoms with Crippen molar-refractivity contribution in [3.63, 3.8) is 0 Å². The first-order valence-corrected chi connectivity index (χ1v) is 6.57. The molecule has 18 heavy (non-hydrogen) atoms. The normalized spacial score (nSPS) is 11.4. The second-order valence-corrected chi connectivity index (χ2v) is 6.07. The maximum Gasteiger partial charge on any atom is 0.137 e. The molecule has 1 aromatic carbocycles. The van der Waals surface area contributed by atoms with E-state index in [1.807, 2.05) is 0 Å². The van der Waals surface area contributed by atoms with E-state index in [-0.39, 0.29) is 11.4 Å². The van der Waals surface area contributed by atoms with Crippen LogP contribution in [0.1, 0.15) is 20.8 Å². The lowest BCUT2D eigenvalue weighted by Crippen LogP contribution is -2.37. The van der Waals surface area contributed by atoms with Gasteiger partial charge in [0.25, 0.3) is 0 Å². The fourth-order valence-corrected chi connectivity index (χ4v) is 1.55. The first-order chi connectivity index (χ1) is 8.28. The van der Waals surface area contributed by atoms with Crippen molar-refractivity contribution in [3.8, 4) is 5.75 Å². The maximum absolute atomic E-state index is 13.0. The van der Waals surface area contributed by atoms with Crippen molar-refractivity contribution in [3.05, 3.63) is 40.6 Å². The summed E-state index contributed by atoms with van der Waals surface area (Å²) >= 11 is 3.12. The Kier molecular flexibility index (Phi) is 5.35. The molecule has 0 spiro atoms. The molecule has 0 atom stereocenters. The predicted molar refractivity (Wildman–Crippen MR) is 76.5 cm³/mol. The lowest BCUT2D eigenvalue weighted by molar-refractivity contribution is 0.340. The average molecular weight is 316 g/mol. The van der Waals surface area contributed by atoms with Crippen LogP contribution in [0, 0.1) is 5.82 Å². The van der Waals surface area contributed by atoms with E-state index in [4.69, 9.17) is 4.74 Å². The van der Waals surface area contributed by atoms with Crippen LogP contribution in [0.3, 0.4) is 0 Å². The van der Waals surface area contributed by atoms with E-state index in [9.17, 15) is 4.39 Å². The van der Waals surface area contributed by atoms with E-state index in [0.717, 1.165) is 5.57 Å². The van der Waals surface area contributed by atoms with Gasteiger partial charge in [0.15, 0.2) is 0 Å². The molecule has 0 aromatic heterocycles. The van der Waals surface area contributed by atoms with Gasteiger partial charge in [-0.1, -0.05) is 6.58 Å². The molecule has 0 saturated carbocycles. The van der Waals surface area contributed by atoms with Crippen LogP contribution in [0.15, 0.2) is 34.8 Å². The van der Waals surface area contributed by atoms with E-state index in [2.05, 4.69) is 48.6 Å². The third-order valence-corrected chi connectivity index (χ3v) is 2.81. The molecule has 1 N–H and O–H groups in total. The van der Waals surface area contributed by atoms with Gasteiger partial charge in [-0.25, -0.2) is 4.39 Å². The molecule has 1 rings (SSSR count). The minimum atomic E-state index is -0.296. The molecular formula is C14H19BrFNO. The minimum Gasteiger partial charge on any atom is -0.489 e. The van der Waals surface area contributed by atoms with Crippen molar-refractivity contribution < 1.29 is 9.13 Å². The van der Waals surface area contributed by atoms with Crippen molar-refractivity contribution in [2.75, 3.05) is 13.2 Å². The predicted octanol–water partition coefficient (Wildman–Crippen LogP) is 3.91. The third-order valence-electron chi connectivity index (χ3n) is 2.20. The lowest BCUT2D eigenvalue weighted by atomic mass is 10.1. The highest BCUT2D eigenvalue weighted by Crippen LogP contribution is 2.21. The smallest absolute Gasteiger partial charge is 0.137 e. The fraction of sp³-hybridized carbons (Fsp3) is 0.429. The van der Waals surface area contributed by atoms with Crippen molar-refractivity contribution >= 4 is 15.9 Å². The van der Waals surface area contributed by atoms with E-state index in [0.29, 0.717) is 23.4 Å². The van der Waals surface area contributed by atoms with E-state index < -0.39 is 0 Å². The summed E-state index contributed by atoms with van der Waals surface area (Å²) < 4.78 is 19.0. The number of hydrogen-bond donors (Lipinski definition) is 1. The van der Waals surface area contributed by atoms with Crippen LogP contribution >= 0.6 is 15.9 Å². The number of nitrogens with one attached hydrogen (secondary N) is 1. The monoisotopic (exact) mass is 315 g/mol. The summed E-state index contributed by atoms with van der Waals surface area (Å²) in [6.07, 6.45) is 0. The highest BCUT2D eigenvalue weighted by Gasteiger charge is 2.09. The van der Waals surface area contributed by atoms with Crippen LogP contribution in [-0.4, -0.2) is 18.7 Å². The Hall–Kier alpha value is -0.870. The van der Waals surface area contributed by atoms with Gasteiger partial charge in [-0.2, -0.15) is 0 Å². The summed E-state index contributed by atoms with van der Waals surface area (Å²) in [5, 5.41) is 3.33. The van der Waals surface area contributed by atoms with Gasteiger partial charge >= 0.3 is 0 Å². The Morgan fingerprint density at radius 2 is 2.11 bits per heavy atom. The third kappa shape index (κ3) is 5.65. The molecular weight excluding hydrogens is 297 g/mol. The molecule has 0 amide bonds. The molecule has 0 bridgehead atoms. The Labute approximate surface area is 116 Å². The first-order valence-electron chi connectivity index (χ1n) is 5.77. The Morgan fingerprint density at radius 1 is 1.44 bits per heavy atom. The van der Waals surface area contributed by atoms with Crippen LogP contribution in [-0.2, 0) is 0 Å². The van der Waals surface area contributed by atoms with Crippen molar-refractivity contribution in [1.82, 2.24) is 5.32 Å². The van der Waals surface area contributed by atoms with Gasteiger partial charge in [0.05, 0.1) is 4.47 Å². The van der Waals surface area contributed by atoms with Crippen molar-refractivity contribution in [1.29, 1.82) is 0 Å². The highest BCUT2D eigenvalue weighted by atomic mass is 79.9. The van der Waals surface area contributed by atoms with Gasteiger partial charge in [0.2, 0.25) is 0 Å². The molecule has 0 unspecified atom stereocenters. The number of rotatable bonds is 5. The summed E-state index contributed by atoms with van der Waals surface area (Å²) in [6.45, 7) is 11.3. The fourth-order valence-electron chi connectivity index (χ4n) is 1.19. The van der Waals surface area contributed by atoms with Crippen LogP contribution in [0.5, 0.6) is 5.75 Å². The molecule has 1 aromatic rings. The molecule has 0 heterocycles. The Balaban J connectivity index is 2.40. The largest absolute Gasteiger partial charge is 0.489 e. The zero-order valence-electron chi connectivity index (χ0n) is 11.0. The molecule has 2 nitrogen and oxygen atoms in total. The van der Waals surface area contributed by atoms with Gasteiger partial charge < -0.3 is 10.1 Å². The van der Waals surface area contributed by atoms with Crippen LogP contribution < -0.4 is 10.1 Å². The van der Waals surface area contributed by atoms with Crippen LogP contribution in [0.2, 0.25) is 0 Å². The van der Waals surface area contributed by atoms with Crippen molar-refractivity contribution in [2.24, 2.45) is 0 Å². The van der Waals surface area contributed by atoms with Gasteiger partial charge in [0, 0.05) is 12.1 Å². The summed E-state index contributed by atoms with van der Waals surface area (Å²) in [7, 11) is 0. The standard InChI is InChI=1S/C14H19BrFNO/c1-10(8-17-14(2,3)4)9-18-11-5-6-13(16)12(15)7-11/h5-7,17H,1,8-9H2,2-4H3. The lowest BCUT2D eigenvalue weighted by Gasteiger charge is -2.21. The second kappa shape index (κ2) is 6.34. The topological polar surface area (TPSA) is 21.3 Å². The molecule has 0 aliphatic heterocycles. The van der Waals surface area contributed by atoms with E-state index in [1.54, 1.807) is 12.1 Å². The molecule has 0 aliphatic carbocycles. The number of halogens is 2. The summed E-state index contributed by atoms with van der Waals surface area (Å²) in [4.78, 5) is 0.